The maximum Gasteiger partial charge on any atom is 0.222 e. The van der Waals surface area contributed by atoms with Crippen molar-refractivity contribution in [2.24, 2.45) is 0 Å². The minimum absolute atomic E-state index is 0.365. The Morgan fingerprint density at radius 2 is 1.29 bits per heavy atom. The lowest BCUT2D eigenvalue weighted by atomic mass is 10.1. The molecule has 0 bridgehead atoms. The highest BCUT2D eigenvalue weighted by atomic mass is 16.2. The first kappa shape index (κ1) is 21.3. The molecule has 0 aromatic rings. The van der Waals surface area contributed by atoms with E-state index in [1.807, 2.05) is 0 Å². The number of likely N-dealkylation sites (tertiary alicyclic amines) is 1. The maximum atomic E-state index is 12.1. The molecule has 140 valence electrons. The molecule has 0 aromatic carbocycles. The van der Waals surface area contributed by atoms with E-state index in [4.69, 9.17) is 0 Å². The van der Waals surface area contributed by atoms with E-state index in [1.54, 1.807) is 0 Å². The largest absolute Gasteiger partial charge is 0.343 e. The van der Waals surface area contributed by atoms with E-state index in [2.05, 4.69) is 24.0 Å². The van der Waals surface area contributed by atoms with Crippen molar-refractivity contribution < 1.29 is 4.79 Å². The van der Waals surface area contributed by atoms with Gasteiger partial charge in [0.1, 0.15) is 0 Å². The Morgan fingerprint density at radius 1 is 0.750 bits per heavy atom. The molecule has 0 unspecified atom stereocenters. The lowest BCUT2D eigenvalue weighted by molar-refractivity contribution is -0.131. The summed E-state index contributed by atoms with van der Waals surface area (Å²) >= 11 is 0. The highest BCUT2D eigenvalue weighted by molar-refractivity contribution is 5.76. The molecule has 0 saturated carbocycles. The van der Waals surface area contributed by atoms with Gasteiger partial charge in [0, 0.05) is 19.5 Å². The Kier molecular flexibility index (Phi) is 13.9. The summed E-state index contributed by atoms with van der Waals surface area (Å²) in [6.45, 7) is 4.25. The third kappa shape index (κ3) is 11.7. The third-order valence-electron chi connectivity index (χ3n) is 5.12. The number of hydrogen-bond donors (Lipinski definition) is 0. The molecule has 0 aromatic heterocycles. The van der Waals surface area contributed by atoms with Crippen molar-refractivity contribution in [2.45, 2.75) is 110 Å². The fourth-order valence-corrected chi connectivity index (χ4v) is 3.49. The average molecular weight is 336 g/mol. The molecular formula is C22H41NO. The number of unbranched alkanes of at least 4 members (excludes halogenated alkanes) is 9. The van der Waals surface area contributed by atoms with Crippen molar-refractivity contribution >= 4 is 5.91 Å². The molecule has 0 atom stereocenters. The van der Waals surface area contributed by atoms with Crippen molar-refractivity contribution in [3.8, 4) is 0 Å². The lowest BCUT2D eigenvalue weighted by Crippen LogP contribution is -2.31. The SMILES string of the molecule is CCCCCCCCCCCC=CCCC(=O)N1CCCCCC1. The van der Waals surface area contributed by atoms with Gasteiger partial charge in [-0.3, -0.25) is 4.79 Å². The standard InChI is InChI=1S/C22H41NO/c1-2-3-4-5-6-7-8-9-10-11-12-13-16-19-22(24)23-20-17-14-15-18-21-23/h12-13H,2-11,14-21H2,1H3. The van der Waals surface area contributed by atoms with Gasteiger partial charge in [0.25, 0.3) is 0 Å². The van der Waals surface area contributed by atoms with Gasteiger partial charge >= 0.3 is 0 Å². The van der Waals surface area contributed by atoms with Gasteiger partial charge in [-0.1, -0.05) is 83.3 Å². The fourth-order valence-electron chi connectivity index (χ4n) is 3.49. The zero-order valence-electron chi connectivity index (χ0n) is 16.2. The van der Waals surface area contributed by atoms with Crippen LogP contribution in [0.2, 0.25) is 0 Å². The first-order valence-corrected chi connectivity index (χ1v) is 10.8. The molecule has 0 aliphatic carbocycles. The van der Waals surface area contributed by atoms with Gasteiger partial charge in [0.2, 0.25) is 5.91 Å². The average Bonchev–Trinajstić information content (AvgIpc) is 2.88. The van der Waals surface area contributed by atoms with E-state index >= 15 is 0 Å². The Bertz CT molecular complexity index is 316. The summed E-state index contributed by atoms with van der Waals surface area (Å²) in [5.41, 5.74) is 0. The topological polar surface area (TPSA) is 20.3 Å². The molecule has 0 radical (unpaired) electrons. The van der Waals surface area contributed by atoms with Crippen LogP contribution in [0.5, 0.6) is 0 Å². The van der Waals surface area contributed by atoms with E-state index < -0.39 is 0 Å². The molecular weight excluding hydrogens is 294 g/mol. The second-order valence-electron chi connectivity index (χ2n) is 7.42. The molecule has 0 spiro atoms. The molecule has 1 amide bonds. The summed E-state index contributed by atoms with van der Waals surface area (Å²) in [6.07, 6.45) is 24.8. The number of rotatable bonds is 13. The molecule has 0 N–H and O–H groups in total. The number of allylic oxidation sites excluding steroid dienone is 2. The summed E-state index contributed by atoms with van der Waals surface area (Å²) in [5.74, 6) is 0.365. The van der Waals surface area contributed by atoms with Crippen LogP contribution in [0.15, 0.2) is 12.2 Å². The van der Waals surface area contributed by atoms with Crippen LogP contribution in [-0.4, -0.2) is 23.9 Å². The third-order valence-corrected chi connectivity index (χ3v) is 5.12. The maximum absolute atomic E-state index is 12.1. The first-order valence-electron chi connectivity index (χ1n) is 10.8. The van der Waals surface area contributed by atoms with Crippen LogP contribution in [0.25, 0.3) is 0 Å². The number of carbonyl (C=O) groups is 1. The predicted octanol–water partition coefficient (Wildman–Crippen LogP) is 6.65. The molecule has 1 fully saturated rings. The molecule has 2 heteroatoms. The van der Waals surface area contributed by atoms with Gasteiger partial charge in [-0.25, -0.2) is 0 Å². The van der Waals surface area contributed by atoms with Gasteiger partial charge in [-0.2, -0.15) is 0 Å². The van der Waals surface area contributed by atoms with E-state index in [1.165, 1.54) is 89.9 Å². The summed E-state index contributed by atoms with van der Waals surface area (Å²) in [7, 11) is 0. The molecule has 2 nitrogen and oxygen atoms in total. The van der Waals surface area contributed by atoms with E-state index in [-0.39, 0.29) is 0 Å². The molecule has 1 aliphatic rings. The number of nitrogens with zero attached hydrogens (tertiary/aromatic N) is 1. The van der Waals surface area contributed by atoms with Gasteiger partial charge in [0.05, 0.1) is 0 Å². The van der Waals surface area contributed by atoms with Gasteiger partial charge in [0.15, 0.2) is 0 Å². The summed E-state index contributed by atoms with van der Waals surface area (Å²) < 4.78 is 0. The summed E-state index contributed by atoms with van der Waals surface area (Å²) in [5, 5.41) is 0. The second kappa shape index (κ2) is 15.7. The molecule has 1 heterocycles. The normalized spacial score (nSPS) is 15.8. The van der Waals surface area contributed by atoms with Crippen LogP contribution < -0.4 is 0 Å². The van der Waals surface area contributed by atoms with E-state index in [0.717, 1.165) is 19.5 Å². The lowest BCUT2D eigenvalue weighted by Gasteiger charge is -2.19. The van der Waals surface area contributed by atoms with E-state index in [0.29, 0.717) is 12.3 Å². The van der Waals surface area contributed by atoms with Gasteiger partial charge in [-0.05, 0) is 32.1 Å². The van der Waals surface area contributed by atoms with Crippen LogP contribution >= 0.6 is 0 Å². The van der Waals surface area contributed by atoms with Crippen molar-refractivity contribution in [2.75, 3.05) is 13.1 Å². The Morgan fingerprint density at radius 3 is 1.92 bits per heavy atom. The van der Waals surface area contributed by atoms with Crippen LogP contribution in [0.3, 0.4) is 0 Å². The van der Waals surface area contributed by atoms with Gasteiger partial charge < -0.3 is 4.90 Å². The quantitative estimate of drug-likeness (QED) is 0.273. The smallest absolute Gasteiger partial charge is 0.222 e. The fraction of sp³-hybridized carbons (Fsp3) is 0.864. The van der Waals surface area contributed by atoms with E-state index in [9.17, 15) is 4.79 Å². The van der Waals surface area contributed by atoms with Crippen LogP contribution in [0, 0.1) is 0 Å². The predicted molar refractivity (Wildman–Crippen MR) is 105 cm³/mol. The minimum atomic E-state index is 0.365. The van der Waals surface area contributed by atoms with Crippen molar-refractivity contribution in [3.63, 3.8) is 0 Å². The first-order chi connectivity index (χ1) is 11.8. The van der Waals surface area contributed by atoms with Crippen molar-refractivity contribution in [3.05, 3.63) is 12.2 Å². The summed E-state index contributed by atoms with van der Waals surface area (Å²) in [6, 6.07) is 0. The minimum Gasteiger partial charge on any atom is -0.343 e. The summed E-state index contributed by atoms with van der Waals surface area (Å²) in [4.78, 5) is 14.2. The molecule has 1 saturated heterocycles. The van der Waals surface area contributed by atoms with Crippen LogP contribution in [0.1, 0.15) is 110 Å². The molecule has 1 aliphatic heterocycles. The van der Waals surface area contributed by atoms with Crippen LogP contribution in [-0.2, 0) is 4.79 Å². The zero-order chi connectivity index (χ0) is 17.3. The molecule has 1 rings (SSSR count). The highest BCUT2D eigenvalue weighted by Gasteiger charge is 2.13. The Balaban J connectivity index is 1.88. The molecule has 24 heavy (non-hydrogen) atoms. The van der Waals surface area contributed by atoms with Gasteiger partial charge in [-0.15, -0.1) is 0 Å². The van der Waals surface area contributed by atoms with Crippen molar-refractivity contribution in [1.29, 1.82) is 0 Å². The number of amides is 1. The zero-order valence-corrected chi connectivity index (χ0v) is 16.2. The Hall–Kier alpha value is -0.790. The number of carbonyl (C=O) groups excluding carboxylic acids is 1. The highest BCUT2D eigenvalue weighted by Crippen LogP contribution is 2.12. The van der Waals surface area contributed by atoms with Crippen molar-refractivity contribution in [1.82, 2.24) is 4.90 Å². The Labute approximate surface area is 151 Å². The second-order valence-corrected chi connectivity index (χ2v) is 7.42. The monoisotopic (exact) mass is 335 g/mol. The van der Waals surface area contributed by atoms with Crippen LogP contribution in [0.4, 0.5) is 0 Å². The number of hydrogen-bond acceptors (Lipinski definition) is 1.